The highest BCUT2D eigenvalue weighted by atomic mass is 32.2. The molecule has 1 N–H and O–H groups in total. The Bertz CT molecular complexity index is 1500. The molecule has 0 aliphatic carbocycles. The first kappa shape index (κ1) is 22.0. The monoisotopic (exact) mass is 468 g/mol. The van der Waals surface area contributed by atoms with Crippen molar-refractivity contribution in [3.8, 4) is 22.8 Å². The molecule has 0 atom stereocenters. The van der Waals surface area contributed by atoms with Crippen molar-refractivity contribution in [1.82, 2.24) is 19.7 Å². The Morgan fingerprint density at radius 3 is 2.71 bits per heavy atom. The summed E-state index contributed by atoms with van der Waals surface area (Å²) < 4.78 is 7.63. The summed E-state index contributed by atoms with van der Waals surface area (Å²) in [4.78, 5) is 15.2. The van der Waals surface area contributed by atoms with Crippen LogP contribution in [0.3, 0.4) is 0 Å². The molecule has 0 amide bonds. The van der Waals surface area contributed by atoms with Gasteiger partial charge < -0.3 is 9.72 Å². The molecule has 3 aromatic carbocycles. The number of para-hydroxylation sites is 1. The Morgan fingerprint density at radius 2 is 1.91 bits per heavy atom. The minimum Gasteiger partial charge on any atom is -0.496 e. The van der Waals surface area contributed by atoms with Crippen molar-refractivity contribution in [3.63, 3.8) is 0 Å². The number of Topliss-reactive ketones (excluding diaryl/α,β-unsaturated/α-hetero) is 1. The first-order valence-electron chi connectivity index (χ1n) is 10.9. The van der Waals surface area contributed by atoms with Crippen LogP contribution in [-0.2, 0) is 5.75 Å². The van der Waals surface area contributed by atoms with Crippen molar-refractivity contribution in [2.45, 2.75) is 24.8 Å². The molecule has 6 nitrogen and oxygen atoms in total. The first-order chi connectivity index (χ1) is 16.5. The number of aryl methyl sites for hydroxylation is 1. The van der Waals surface area contributed by atoms with Gasteiger partial charge in [0.15, 0.2) is 16.8 Å². The lowest BCUT2D eigenvalue weighted by Crippen LogP contribution is -2.01. The van der Waals surface area contributed by atoms with E-state index >= 15 is 0 Å². The lowest BCUT2D eigenvalue weighted by Gasteiger charge is -2.12. The van der Waals surface area contributed by atoms with Gasteiger partial charge in [0.2, 0.25) is 0 Å². The fourth-order valence-corrected chi connectivity index (χ4v) is 4.98. The van der Waals surface area contributed by atoms with Gasteiger partial charge in [0.1, 0.15) is 5.75 Å². The third kappa shape index (κ3) is 4.10. The van der Waals surface area contributed by atoms with Gasteiger partial charge in [-0.3, -0.25) is 9.36 Å². The number of hydrogen-bond acceptors (Lipinski definition) is 5. The summed E-state index contributed by atoms with van der Waals surface area (Å²) in [5.74, 6) is 2.13. The first-order valence-corrected chi connectivity index (χ1v) is 11.9. The molecule has 0 unspecified atom stereocenters. The number of aromatic amines is 1. The average molecular weight is 469 g/mol. The summed E-state index contributed by atoms with van der Waals surface area (Å²) in [6.45, 7) is 3.64. The van der Waals surface area contributed by atoms with Gasteiger partial charge >= 0.3 is 0 Å². The maximum absolute atomic E-state index is 11.9. The molecule has 170 valence electrons. The molecular formula is C27H24N4O2S. The van der Waals surface area contributed by atoms with Gasteiger partial charge in [-0.2, -0.15) is 0 Å². The van der Waals surface area contributed by atoms with E-state index in [-0.39, 0.29) is 5.78 Å². The van der Waals surface area contributed by atoms with Gasteiger partial charge in [0.25, 0.3) is 0 Å². The number of methoxy groups -OCH3 is 1. The van der Waals surface area contributed by atoms with E-state index in [0.717, 1.165) is 50.0 Å². The minimum atomic E-state index is 0.0263. The number of fused-ring (bicyclic) bond motifs is 1. The Balaban J connectivity index is 1.59. The molecule has 0 radical (unpaired) electrons. The zero-order valence-corrected chi connectivity index (χ0v) is 20.0. The summed E-state index contributed by atoms with van der Waals surface area (Å²) in [5, 5.41) is 11.0. The summed E-state index contributed by atoms with van der Waals surface area (Å²) in [6.07, 6.45) is 1.98. The Hall–Kier alpha value is -3.84. The van der Waals surface area contributed by atoms with Gasteiger partial charge in [0.05, 0.1) is 7.11 Å². The van der Waals surface area contributed by atoms with Gasteiger partial charge in [-0.15, -0.1) is 10.2 Å². The van der Waals surface area contributed by atoms with Crippen LogP contribution in [0.15, 0.2) is 78.1 Å². The van der Waals surface area contributed by atoms with E-state index in [1.807, 2.05) is 36.5 Å². The largest absolute Gasteiger partial charge is 0.496 e. The number of thioether (sulfide) groups is 1. The molecule has 2 aromatic heterocycles. The number of H-pyrrole nitrogens is 1. The molecule has 5 rings (SSSR count). The van der Waals surface area contributed by atoms with Crippen LogP contribution in [-0.4, -0.2) is 32.6 Å². The molecule has 0 spiro atoms. The maximum Gasteiger partial charge on any atom is 0.196 e. The van der Waals surface area contributed by atoms with Crippen molar-refractivity contribution in [2.75, 3.05) is 7.11 Å². The van der Waals surface area contributed by atoms with Crippen LogP contribution < -0.4 is 4.74 Å². The summed E-state index contributed by atoms with van der Waals surface area (Å²) in [5.41, 5.74) is 5.80. The zero-order chi connectivity index (χ0) is 23.7. The van der Waals surface area contributed by atoms with Crippen molar-refractivity contribution < 1.29 is 9.53 Å². The van der Waals surface area contributed by atoms with E-state index in [1.165, 1.54) is 0 Å². The fraction of sp³-hybridized carbons (Fsp3) is 0.148. The van der Waals surface area contributed by atoms with Gasteiger partial charge in [0, 0.05) is 45.2 Å². The van der Waals surface area contributed by atoms with E-state index in [4.69, 9.17) is 4.74 Å². The predicted molar refractivity (Wildman–Crippen MR) is 136 cm³/mol. The van der Waals surface area contributed by atoms with E-state index in [0.29, 0.717) is 11.3 Å². The second-order valence-corrected chi connectivity index (χ2v) is 9.04. The van der Waals surface area contributed by atoms with Crippen molar-refractivity contribution in [1.29, 1.82) is 0 Å². The molecular weight excluding hydrogens is 444 g/mol. The van der Waals surface area contributed by atoms with E-state index < -0.39 is 0 Å². The second kappa shape index (κ2) is 9.19. The number of ketones is 1. The Kier molecular flexibility index (Phi) is 5.94. The number of nitrogens with one attached hydrogen (secondary N) is 1. The average Bonchev–Trinajstić information content (AvgIpc) is 3.46. The standard InChI is InChI=1S/C27H24N4O2S/c1-17-7-6-8-21(13-17)31-26(23-15-28-24-10-5-4-9-22(23)24)29-30-27(31)34-16-20-14-19(18(2)32)11-12-25(20)33-3/h4-15,28H,16H2,1-3H3. The number of benzene rings is 3. The SMILES string of the molecule is COc1ccc(C(C)=O)cc1CSc1nnc(-c2c[nH]c3ccccc23)n1-c1cccc(C)c1. The number of hydrogen-bond donors (Lipinski definition) is 1. The van der Waals surface area contributed by atoms with Crippen LogP contribution in [0.25, 0.3) is 28.0 Å². The summed E-state index contributed by atoms with van der Waals surface area (Å²) in [7, 11) is 1.64. The third-order valence-corrected chi connectivity index (χ3v) is 6.74. The smallest absolute Gasteiger partial charge is 0.196 e. The number of carbonyl (C=O) groups excluding carboxylic acids is 1. The highest BCUT2D eigenvalue weighted by molar-refractivity contribution is 7.98. The molecule has 0 aliphatic rings. The van der Waals surface area contributed by atoms with Crippen molar-refractivity contribution in [3.05, 3.63) is 89.6 Å². The molecule has 5 aromatic rings. The molecule has 7 heteroatoms. The Labute approximate surface area is 202 Å². The number of nitrogens with zero attached hydrogens (tertiary/aromatic N) is 3. The third-order valence-electron chi connectivity index (χ3n) is 5.77. The zero-order valence-electron chi connectivity index (χ0n) is 19.2. The van der Waals surface area contributed by atoms with Crippen LogP contribution in [0.1, 0.15) is 28.4 Å². The second-order valence-electron chi connectivity index (χ2n) is 8.10. The summed E-state index contributed by atoms with van der Waals surface area (Å²) in [6, 6.07) is 22.0. The van der Waals surface area contributed by atoms with Crippen LogP contribution in [0, 0.1) is 6.92 Å². The quantitative estimate of drug-likeness (QED) is 0.226. The van der Waals surface area contributed by atoms with Crippen LogP contribution >= 0.6 is 11.8 Å². The lowest BCUT2D eigenvalue weighted by atomic mass is 10.1. The number of aromatic nitrogens is 4. The molecule has 0 bridgehead atoms. The van der Waals surface area contributed by atoms with Crippen LogP contribution in [0.4, 0.5) is 0 Å². The van der Waals surface area contributed by atoms with Crippen LogP contribution in [0.2, 0.25) is 0 Å². The van der Waals surface area contributed by atoms with Gasteiger partial charge in [-0.1, -0.05) is 42.1 Å². The van der Waals surface area contributed by atoms with Crippen LogP contribution in [0.5, 0.6) is 5.75 Å². The predicted octanol–water partition coefficient (Wildman–Crippen LogP) is 6.23. The highest BCUT2D eigenvalue weighted by Crippen LogP contribution is 2.35. The van der Waals surface area contributed by atoms with E-state index in [2.05, 4.69) is 57.0 Å². The number of carbonyl (C=O) groups is 1. The topological polar surface area (TPSA) is 72.8 Å². The molecule has 2 heterocycles. The van der Waals surface area contributed by atoms with E-state index in [9.17, 15) is 4.79 Å². The Morgan fingerprint density at radius 1 is 1.06 bits per heavy atom. The minimum absolute atomic E-state index is 0.0263. The fourth-order valence-electron chi connectivity index (χ4n) is 4.05. The lowest BCUT2D eigenvalue weighted by molar-refractivity contribution is 0.101. The molecule has 34 heavy (non-hydrogen) atoms. The molecule has 0 saturated heterocycles. The van der Waals surface area contributed by atoms with E-state index in [1.54, 1.807) is 31.9 Å². The molecule has 0 aliphatic heterocycles. The highest BCUT2D eigenvalue weighted by Gasteiger charge is 2.20. The van der Waals surface area contributed by atoms with Crippen molar-refractivity contribution in [2.24, 2.45) is 0 Å². The molecule has 0 fully saturated rings. The number of ether oxygens (including phenoxy) is 1. The normalized spacial score (nSPS) is 11.1. The van der Waals surface area contributed by atoms with Crippen molar-refractivity contribution >= 4 is 28.4 Å². The van der Waals surface area contributed by atoms with Gasteiger partial charge in [-0.05, 0) is 55.8 Å². The van der Waals surface area contributed by atoms with Gasteiger partial charge in [-0.25, -0.2) is 0 Å². The maximum atomic E-state index is 11.9. The summed E-state index contributed by atoms with van der Waals surface area (Å²) >= 11 is 1.56. The number of rotatable bonds is 7. The molecule has 0 saturated carbocycles.